The summed E-state index contributed by atoms with van der Waals surface area (Å²) in [6, 6.07) is 5.42. The Kier molecular flexibility index (Phi) is 4.21. The average Bonchev–Trinajstić information content (AvgIpc) is 2.33. The van der Waals surface area contributed by atoms with Crippen molar-refractivity contribution >= 4 is 11.8 Å². The van der Waals surface area contributed by atoms with E-state index in [9.17, 15) is 4.39 Å². The third kappa shape index (κ3) is 2.97. The second-order valence-corrected chi connectivity index (χ2v) is 4.84. The van der Waals surface area contributed by atoms with Gasteiger partial charge in [-0.1, -0.05) is 6.07 Å². The molecule has 0 saturated carbocycles. The molecule has 0 aliphatic carbocycles. The molecule has 1 saturated heterocycles. The summed E-state index contributed by atoms with van der Waals surface area (Å²) in [4.78, 5) is 3.14. The summed E-state index contributed by atoms with van der Waals surface area (Å²) in [5.74, 6) is -0.114. The monoisotopic (exact) mass is 240 g/mol. The van der Waals surface area contributed by atoms with Crippen LogP contribution in [0.3, 0.4) is 0 Å². The molecule has 2 rings (SSSR count). The number of hydrogen-bond acceptors (Lipinski definition) is 3. The topological polar surface area (TPSA) is 15.3 Å². The Morgan fingerprint density at radius 2 is 2.12 bits per heavy atom. The third-order valence-corrected chi connectivity index (χ3v) is 3.58. The van der Waals surface area contributed by atoms with Crippen LogP contribution in [0.25, 0.3) is 0 Å². The molecule has 16 heavy (non-hydrogen) atoms. The molecule has 0 spiro atoms. The van der Waals surface area contributed by atoms with E-state index in [1.54, 1.807) is 6.07 Å². The fraction of sp³-hybridized carbons (Fsp3) is 0.500. The zero-order valence-corrected chi connectivity index (χ0v) is 10.3. The molecule has 88 valence electrons. The van der Waals surface area contributed by atoms with Crippen molar-refractivity contribution in [2.75, 3.05) is 32.4 Å². The molecule has 1 N–H and O–H groups in total. The van der Waals surface area contributed by atoms with Gasteiger partial charge in [-0.05, 0) is 24.0 Å². The Morgan fingerprint density at radius 1 is 1.38 bits per heavy atom. The van der Waals surface area contributed by atoms with Crippen LogP contribution in [-0.4, -0.2) is 37.3 Å². The first kappa shape index (κ1) is 11.9. The molecule has 0 amide bonds. The van der Waals surface area contributed by atoms with Gasteiger partial charge in [-0.25, -0.2) is 4.39 Å². The van der Waals surface area contributed by atoms with Crippen molar-refractivity contribution in [3.8, 4) is 0 Å². The van der Waals surface area contributed by atoms with E-state index in [0.29, 0.717) is 0 Å². The van der Waals surface area contributed by atoms with Gasteiger partial charge in [-0.15, -0.1) is 11.8 Å². The van der Waals surface area contributed by atoms with Crippen molar-refractivity contribution in [3.05, 3.63) is 29.6 Å². The van der Waals surface area contributed by atoms with E-state index in [4.69, 9.17) is 0 Å². The number of nitrogens with zero attached hydrogens (tertiary/aromatic N) is 1. The third-order valence-electron chi connectivity index (χ3n) is 2.83. The average molecular weight is 240 g/mol. The molecule has 1 heterocycles. The van der Waals surface area contributed by atoms with Gasteiger partial charge in [0.2, 0.25) is 0 Å². The maximum atomic E-state index is 13.3. The van der Waals surface area contributed by atoms with E-state index in [1.165, 1.54) is 17.3 Å². The first-order chi connectivity index (χ1) is 7.79. The minimum atomic E-state index is -0.114. The van der Waals surface area contributed by atoms with Crippen LogP contribution in [0.4, 0.5) is 4.39 Å². The van der Waals surface area contributed by atoms with Crippen molar-refractivity contribution < 1.29 is 4.39 Å². The van der Waals surface area contributed by atoms with Crippen LogP contribution in [0.15, 0.2) is 23.1 Å². The van der Waals surface area contributed by atoms with Gasteiger partial charge in [0.15, 0.2) is 0 Å². The van der Waals surface area contributed by atoms with Crippen LogP contribution in [0, 0.1) is 5.82 Å². The minimum absolute atomic E-state index is 0.114. The summed E-state index contributed by atoms with van der Waals surface area (Å²) in [6.07, 6.45) is 1.91. The molecular formula is C12H17FN2S. The Hall–Kier alpha value is -0.580. The van der Waals surface area contributed by atoms with Crippen LogP contribution >= 0.6 is 11.8 Å². The SMILES string of the molecule is CSc1cc(CN2CCNCC2)ccc1F. The molecule has 0 bridgehead atoms. The summed E-state index contributed by atoms with van der Waals surface area (Å²) in [7, 11) is 0. The smallest absolute Gasteiger partial charge is 0.136 e. The zero-order valence-electron chi connectivity index (χ0n) is 9.50. The number of piperazine rings is 1. The number of thioether (sulfide) groups is 1. The first-order valence-electron chi connectivity index (χ1n) is 5.55. The van der Waals surface area contributed by atoms with Crippen LogP contribution in [0.5, 0.6) is 0 Å². The Balaban J connectivity index is 2.03. The highest BCUT2D eigenvalue weighted by atomic mass is 32.2. The summed E-state index contributed by atoms with van der Waals surface area (Å²) >= 11 is 1.47. The summed E-state index contributed by atoms with van der Waals surface area (Å²) < 4.78 is 13.3. The van der Waals surface area contributed by atoms with Crippen molar-refractivity contribution in [2.24, 2.45) is 0 Å². The summed E-state index contributed by atoms with van der Waals surface area (Å²) in [5, 5.41) is 3.33. The molecule has 4 heteroatoms. The van der Waals surface area contributed by atoms with Crippen molar-refractivity contribution in [2.45, 2.75) is 11.4 Å². The highest BCUT2D eigenvalue weighted by Crippen LogP contribution is 2.21. The van der Waals surface area contributed by atoms with E-state index >= 15 is 0 Å². The van der Waals surface area contributed by atoms with Gasteiger partial charge in [0.1, 0.15) is 5.82 Å². The van der Waals surface area contributed by atoms with Crippen LogP contribution < -0.4 is 5.32 Å². The van der Waals surface area contributed by atoms with Gasteiger partial charge in [0, 0.05) is 37.6 Å². The lowest BCUT2D eigenvalue weighted by atomic mass is 10.2. The van der Waals surface area contributed by atoms with Crippen molar-refractivity contribution in [3.63, 3.8) is 0 Å². The van der Waals surface area contributed by atoms with Gasteiger partial charge in [0.05, 0.1) is 0 Å². The standard InChI is InChI=1S/C12H17FN2S/c1-16-12-8-10(2-3-11(12)13)9-15-6-4-14-5-7-15/h2-3,8,14H,4-7,9H2,1H3. The predicted molar refractivity (Wildman–Crippen MR) is 66.3 cm³/mol. The van der Waals surface area contributed by atoms with Gasteiger partial charge in [0.25, 0.3) is 0 Å². The lowest BCUT2D eigenvalue weighted by Gasteiger charge is -2.27. The van der Waals surface area contributed by atoms with Gasteiger partial charge >= 0.3 is 0 Å². The molecule has 0 radical (unpaired) electrons. The molecule has 1 aromatic rings. The van der Waals surface area contributed by atoms with E-state index in [2.05, 4.69) is 10.2 Å². The maximum Gasteiger partial charge on any atom is 0.136 e. The van der Waals surface area contributed by atoms with Crippen LogP contribution in [-0.2, 0) is 6.54 Å². The number of rotatable bonds is 3. The second-order valence-electron chi connectivity index (χ2n) is 4.00. The molecule has 2 nitrogen and oxygen atoms in total. The van der Waals surface area contributed by atoms with E-state index in [-0.39, 0.29) is 5.82 Å². The van der Waals surface area contributed by atoms with Crippen LogP contribution in [0.1, 0.15) is 5.56 Å². The van der Waals surface area contributed by atoms with Gasteiger partial charge < -0.3 is 5.32 Å². The number of nitrogens with one attached hydrogen (secondary N) is 1. The lowest BCUT2D eigenvalue weighted by Crippen LogP contribution is -2.42. The number of halogens is 1. The Morgan fingerprint density at radius 3 is 2.81 bits per heavy atom. The van der Waals surface area contributed by atoms with Crippen LogP contribution in [0.2, 0.25) is 0 Å². The first-order valence-corrected chi connectivity index (χ1v) is 6.77. The van der Waals surface area contributed by atoms with Crippen molar-refractivity contribution in [1.29, 1.82) is 0 Å². The predicted octanol–water partition coefficient (Wildman–Crippen LogP) is 1.95. The van der Waals surface area contributed by atoms with Crippen molar-refractivity contribution in [1.82, 2.24) is 10.2 Å². The van der Waals surface area contributed by atoms with Gasteiger partial charge in [-0.3, -0.25) is 4.90 Å². The fourth-order valence-electron chi connectivity index (χ4n) is 1.93. The number of hydrogen-bond donors (Lipinski definition) is 1. The maximum absolute atomic E-state index is 13.3. The molecular weight excluding hydrogens is 223 g/mol. The Labute approximate surface area is 100 Å². The highest BCUT2D eigenvalue weighted by molar-refractivity contribution is 7.98. The molecule has 1 aliphatic heterocycles. The molecule has 0 atom stereocenters. The van der Waals surface area contributed by atoms with E-state index < -0.39 is 0 Å². The largest absolute Gasteiger partial charge is 0.314 e. The molecule has 1 aliphatic rings. The minimum Gasteiger partial charge on any atom is -0.314 e. The Bertz CT molecular complexity index is 351. The molecule has 0 unspecified atom stereocenters. The normalized spacial score (nSPS) is 17.6. The number of benzene rings is 1. The quantitative estimate of drug-likeness (QED) is 0.813. The highest BCUT2D eigenvalue weighted by Gasteiger charge is 2.10. The lowest BCUT2D eigenvalue weighted by molar-refractivity contribution is 0.233. The second kappa shape index (κ2) is 5.66. The van der Waals surface area contributed by atoms with E-state index in [0.717, 1.165) is 37.6 Å². The van der Waals surface area contributed by atoms with Gasteiger partial charge in [-0.2, -0.15) is 0 Å². The fourth-order valence-corrected chi connectivity index (χ4v) is 2.46. The van der Waals surface area contributed by atoms with E-state index in [1.807, 2.05) is 18.4 Å². The molecule has 1 aromatic carbocycles. The molecule has 1 fully saturated rings. The summed E-state index contributed by atoms with van der Waals surface area (Å²) in [6.45, 7) is 5.18. The summed E-state index contributed by atoms with van der Waals surface area (Å²) in [5.41, 5.74) is 1.20. The zero-order chi connectivity index (χ0) is 11.4. The molecule has 0 aromatic heterocycles.